The first-order valence-electron chi connectivity index (χ1n) is 6.35. The fourth-order valence-electron chi connectivity index (χ4n) is 2.24. The van der Waals surface area contributed by atoms with E-state index in [2.05, 4.69) is 37.5 Å². The van der Waals surface area contributed by atoms with Gasteiger partial charge in [0, 0.05) is 24.5 Å². The first kappa shape index (κ1) is 11.7. The zero-order valence-electron chi connectivity index (χ0n) is 10.5. The van der Waals surface area contributed by atoms with Crippen molar-refractivity contribution in [3.05, 3.63) is 40.8 Å². The molecular formula is C13H15N5O. The summed E-state index contributed by atoms with van der Waals surface area (Å²) in [4.78, 5) is 16.0. The largest absolute Gasteiger partial charge is 0.372 e. The summed E-state index contributed by atoms with van der Waals surface area (Å²) in [6, 6.07) is 8.09. The summed E-state index contributed by atoms with van der Waals surface area (Å²) >= 11 is 0. The van der Waals surface area contributed by atoms with Crippen molar-refractivity contribution in [1.82, 2.24) is 15.2 Å². The second-order valence-electron chi connectivity index (χ2n) is 4.55. The van der Waals surface area contributed by atoms with Gasteiger partial charge in [-0.2, -0.15) is 0 Å². The summed E-state index contributed by atoms with van der Waals surface area (Å²) in [5, 5.41) is 10.4. The second-order valence-corrected chi connectivity index (χ2v) is 4.55. The number of nitrogens with zero attached hydrogens (tertiary/aromatic N) is 3. The first-order valence-corrected chi connectivity index (χ1v) is 6.35. The fraction of sp³-hybridized carbons (Fsp3) is 0.308. The Hall–Kier alpha value is -2.37. The van der Waals surface area contributed by atoms with Crippen molar-refractivity contribution in [2.24, 2.45) is 0 Å². The van der Waals surface area contributed by atoms with Crippen molar-refractivity contribution in [3.8, 4) is 0 Å². The molecule has 1 aliphatic heterocycles. The van der Waals surface area contributed by atoms with Crippen LogP contribution in [0.3, 0.4) is 0 Å². The number of aromatic nitrogens is 3. The van der Waals surface area contributed by atoms with Gasteiger partial charge in [0.2, 0.25) is 5.95 Å². The molecule has 6 heteroatoms. The third-order valence-electron chi connectivity index (χ3n) is 3.18. The standard InChI is InChI=1S/C13H15N5O/c19-12-9-14-17-13(16-12)15-10-3-5-11(6-4-10)18-7-1-2-8-18/h3-6,9H,1-2,7-8H2,(H2,15,16,17,19). The number of hydrogen-bond donors (Lipinski definition) is 2. The molecule has 2 aromatic rings. The van der Waals surface area contributed by atoms with E-state index in [9.17, 15) is 4.79 Å². The lowest BCUT2D eigenvalue weighted by atomic mass is 10.2. The van der Waals surface area contributed by atoms with E-state index in [-0.39, 0.29) is 5.56 Å². The maximum atomic E-state index is 11.1. The molecule has 0 bridgehead atoms. The fourth-order valence-corrected chi connectivity index (χ4v) is 2.24. The van der Waals surface area contributed by atoms with Gasteiger partial charge >= 0.3 is 0 Å². The van der Waals surface area contributed by atoms with E-state index in [1.807, 2.05) is 12.1 Å². The van der Waals surface area contributed by atoms with Crippen LogP contribution in [0.5, 0.6) is 0 Å². The molecule has 0 aliphatic carbocycles. The van der Waals surface area contributed by atoms with Gasteiger partial charge < -0.3 is 10.2 Å². The lowest BCUT2D eigenvalue weighted by Crippen LogP contribution is -2.17. The van der Waals surface area contributed by atoms with E-state index < -0.39 is 0 Å². The highest BCUT2D eigenvalue weighted by molar-refractivity contribution is 5.59. The van der Waals surface area contributed by atoms with E-state index in [1.54, 1.807) is 0 Å². The average Bonchev–Trinajstić information content (AvgIpc) is 2.94. The van der Waals surface area contributed by atoms with Crippen LogP contribution in [-0.2, 0) is 0 Å². The lowest BCUT2D eigenvalue weighted by molar-refractivity contribution is 0.949. The monoisotopic (exact) mass is 257 g/mol. The molecule has 1 aromatic carbocycles. The van der Waals surface area contributed by atoms with Crippen LogP contribution >= 0.6 is 0 Å². The highest BCUT2D eigenvalue weighted by Gasteiger charge is 2.11. The predicted molar refractivity (Wildman–Crippen MR) is 73.8 cm³/mol. The summed E-state index contributed by atoms with van der Waals surface area (Å²) in [5.74, 6) is 0.349. The van der Waals surface area contributed by atoms with E-state index in [1.165, 1.54) is 18.5 Å². The Labute approximate surface area is 110 Å². The number of H-pyrrole nitrogens is 1. The number of benzene rings is 1. The summed E-state index contributed by atoms with van der Waals surface area (Å²) in [7, 11) is 0. The molecule has 98 valence electrons. The molecule has 1 saturated heterocycles. The molecular weight excluding hydrogens is 242 g/mol. The maximum absolute atomic E-state index is 11.1. The molecule has 0 saturated carbocycles. The van der Waals surface area contributed by atoms with Crippen LogP contribution in [0.15, 0.2) is 35.3 Å². The summed E-state index contributed by atoms with van der Waals surface area (Å²) < 4.78 is 0. The normalized spacial score (nSPS) is 14.6. The van der Waals surface area contributed by atoms with Gasteiger partial charge in [0.1, 0.15) is 6.20 Å². The minimum absolute atomic E-state index is 0.272. The second kappa shape index (κ2) is 5.09. The van der Waals surface area contributed by atoms with Crippen LogP contribution in [0.25, 0.3) is 0 Å². The van der Waals surface area contributed by atoms with E-state index >= 15 is 0 Å². The molecule has 1 aromatic heterocycles. The highest BCUT2D eigenvalue weighted by atomic mass is 16.1. The molecule has 2 N–H and O–H groups in total. The zero-order chi connectivity index (χ0) is 13.1. The molecule has 2 heterocycles. The zero-order valence-corrected chi connectivity index (χ0v) is 10.5. The number of hydrogen-bond acceptors (Lipinski definition) is 5. The van der Waals surface area contributed by atoms with Crippen LogP contribution in [-0.4, -0.2) is 28.3 Å². The van der Waals surface area contributed by atoms with Crippen LogP contribution < -0.4 is 15.8 Å². The van der Waals surface area contributed by atoms with Gasteiger partial charge in [-0.05, 0) is 37.1 Å². The maximum Gasteiger partial charge on any atom is 0.271 e. The van der Waals surface area contributed by atoms with Gasteiger partial charge in [0.05, 0.1) is 0 Å². The third-order valence-corrected chi connectivity index (χ3v) is 3.18. The first-order chi connectivity index (χ1) is 9.31. The van der Waals surface area contributed by atoms with Gasteiger partial charge in [0.15, 0.2) is 0 Å². The summed E-state index contributed by atoms with van der Waals surface area (Å²) in [6.45, 7) is 2.26. The van der Waals surface area contributed by atoms with Crippen molar-refractivity contribution in [3.63, 3.8) is 0 Å². The summed E-state index contributed by atoms with van der Waals surface area (Å²) in [5.41, 5.74) is 1.83. The molecule has 0 radical (unpaired) electrons. The number of aromatic amines is 1. The lowest BCUT2D eigenvalue weighted by Gasteiger charge is -2.17. The molecule has 3 rings (SSSR count). The quantitative estimate of drug-likeness (QED) is 0.871. The minimum atomic E-state index is -0.272. The van der Waals surface area contributed by atoms with E-state index in [0.717, 1.165) is 25.0 Å². The molecule has 6 nitrogen and oxygen atoms in total. The van der Waals surface area contributed by atoms with Gasteiger partial charge in [0.25, 0.3) is 5.56 Å². The van der Waals surface area contributed by atoms with E-state index in [0.29, 0.717) is 5.95 Å². The molecule has 0 amide bonds. The molecule has 19 heavy (non-hydrogen) atoms. The molecule has 1 aliphatic rings. The predicted octanol–water partition coefficient (Wildman–Crippen LogP) is 1.51. The van der Waals surface area contributed by atoms with Crippen LogP contribution in [0.2, 0.25) is 0 Å². The number of rotatable bonds is 3. The number of nitrogens with one attached hydrogen (secondary N) is 2. The minimum Gasteiger partial charge on any atom is -0.372 e. The summed E-state index contributed by atoms with van der Waals surface area (Å²) in [6.07, 6.45) is 3.67. The average molecular weight is 257 g/mol. The Balaban J connectivity index is 1.73. The Morgan fingerprint density at radius 2 is 1.89 bits per heavy atom. The Morgan fingerprint density at radius 3 is 2.58 bits per heavy atom. The smallest absolute Gasteiger partial charge is 0.271 e. The highest BCUT2D eigenvalue weighted by Crippen LogP contribution is 2.22. The van der Waals surface area contributed by atoms with Gasteiger partial charge in [-0.15, -0.1) is 10.2 Å². The Bertz CT molecular complexity index is 601. The van der Waals surface area contributed by atoms with Crippen molar-refractivity contribution >= 4 is 17.3 Å². The van der Waals surface area contributed by atoms with Crippen molar-refractivity contribution < 1.29 is 0 Å². The van der Waals surface area contributed by atoms with Crippen LogP contribution in [0.1, 0.15) is 12.8 Å². The topological polar surface area (TPSA) is 73.9 Å². The SMILES string of the molecule is O=c1cnnc(Nc2ccc(N3CCCC3)cc2)[nH]1. The molecule has 0 spiro atoms. The van der Waals surface area contributed by atoms with Gasteiger partial charge in [-0.1, -0.05) is 0 Å². The van der Waals surface area contributed by atoms with Crippen LogP contribution in [0, 0.1) is 0 Å². The Morgan fingerprint density at radius 1 is 1.16 bits per heavy atom. The number of anilines is 3. The molecule has 1 fully saturated rings. The van der Waals surface area contributed by atoms with Crippen molar-refractivity contribution in [2.45, 2.75) is 12.8 Å². The molecule has 0 atom stereocenters. The van der Waals surface area contributed by atoms with Crippen LogP contribution in [0.4, 0.5) is 17.3 Å². The van der Waals surface area contributed by atoms with Gasteiger partial charge in [-0.25, -0.2) is 0 Å². The third kappa shape index (κ3) is 2.73. The Kier molecular flexibility index (Phi) is 3.14. The van der Waals surface area contributed by atoms with Crippen molar-refractivity contribution in [2.75, 3.05) is 23.3 Å². The molecule has 0 unspecified atom stereocenters. The van der Waals surface area contributed by atoms with E-state index in [4.69, 9.17) is 0 Å². The van der Waals surface area contributed by atoms with Gasteiger partial charge in [-0.3, -0.25) is 9.78 Å². The van der Waals surface area contributed by atoms with Crippen molar-refractivity contribution in [1.29, 1.82) is 0 Å².